The third kappa shape index (κ3) is 27.5. The lowest BCUT2D eigenvalue weighted by Gasteiger charge is -2.28. The molecule has 0 aromatic heterocycles. The first kappa shape index (κ1) is 75.5. The number of rotatable bonds is 17. The van der Waals surface area contributed by atoms with Crippen molar-refractivity contribution in [2.24, 2.45) is 28.7 Å². The molecule has 0 saturated carbocycles. The smallest absolute Gasteiger partial charge is 0.327 e. The zero-order chi connectivity index (χ0) is 65.9. The van der Waals surface area contributed by atoms with Gasteiger partial charge in [0.15, 0.2) is 0 Å². The van der Waals surface area contributed by atoms with Gasteiger partial charge in [-0.1, -0.05) is 21.6 Å². The van der Waals surface area contributed by atoms with Crippen LogP contribution in [0.1, 0.15) is 65.7 Å². The molecule has 1 rings (SSSR count). The molecule has 39 nitrogen and oxygen atoms in total. The molecule has 86 heavy (non-hydrogen) atoms. The molecule has 0 bridgehead atoms. The average Bonchev–Trinajstić information content (AvgIpc) is 3.61. The summed E-state index contributed by atoms with van der Waals surface area (Å²) in [5, 5.41) is 83.5. The number of nitrogens with one attached hydrogen (secondary N) is 11. The van der Waals surface area contributed by atoms with E-state index in [-0.39, 0.29) is 5.75 Å². The summed E-state index contributed by atoms with van der Waals surface area (Å²) >= 11 is 0. The third-order valence-corrected chi connectivity index (χ3v) is 14.1. The van der Waals surface area contributed by atoms with Crippen molar-refractivity contribution in [3.63, 3.8) is 0 Å². The van der Waals surface area contributed by atoms with Crippen molar-refractivity contribution in [2.45, 2.75) is 150 Å². The second kappa shape index (κ2) is 37.0. The summed E-state index contributed by atoms with van der Waals surface area (Å²) in [5.74, 6) is -24.0. The van der Waals surface area contributed by atoms with Crippen LogP contribution in [0, 0.1) is 0 Å². The highest BCUT2D eigenvalue weighted by Gasteiger charge is 2.39. The fourth-order valence-electron chi connectivity index (χ4n) is 7.12. The molecular formula is C45H72N16O23S2. The standard InChI is InChI=1S/C45H72N16O23S2/c1-15(63)32-42(80)51-11-30(70)52-25(45(83)84)14-86-85-13-18(46)35(73)53-20(5-7-31(71)72)37(75)60-33(16(2)64)43(81)57-23(10-29(50)69)39(77)55-21(8-27(48)67)40(78)58-24(12-62)41(79)61-34(17(3)65)44(82)56-22(9-28(49)68)38(76)54-19(36(74)59-32)4-6-26(47)66/h15-25,32-34,62-65H,4-14,46H2,1-3H3,(H2,47,66)(H2,48,67)(H2,49,68)(H2,50,69)(H,51,80)(H,52,70)(H,53,73)(H,54,76)(H,55,77)(H,56,82)(H,57,81)(H,58,78)(H,59,74)(H,60,75)(H,61,79)(H,71,72)(H,83,84)/t15-,16-,17-,18+,19+,20+,21+,22+,23+,24+,25-,32-,33+,34+/m1/s1. The van der Waals surface area contributed by atoms with Gasteiger partial charge in [0.1, 0.15) is 60.4 Å². The van der Waals surface area contributed by atoms with E-state index in [1.165, 1.54) is 0 Å². The van der Waals surface area contributed by atoms with Gasteiger partial charge in [-0.25, -0.2) is 4.79 Å². The van der Waals surface area contributed by atoms with Crippen LogP contribution >= 0.6 is 21.6 Å². The Balaban J connectivity index is 3.93. The number of carboxylic acid groups (broad SMARTS) is 2. The van der Waals surface area contributed by atoms with Crippen LogP contribution < -0.4 is 87.2 Å². The molecule has 1 saturated heterocycles. The lowest BCUT2D eigenvalue weighted by Crippen LogP contribution is -2.63. The van der Waals surface area contributed by atoms with Crippen molar-refractivity contribution in [3.8, 4) is 0 Å². The van der Waals surface area contributed by atoms with Crippen LogP contribution in [0.15, 0.2) is 0 Å². The minimum absolute atomic E-state index is 0.351. The van der Waals surface area contributed by atoms with Gasteiger partial charge in [-0.3, -0.25) is 76.7 Å². The second-order valence-electron chi connectivity index (χ2n) is 19.0. The fourth-order valence-corrected chi connectivity index (χ4v) is 9.40. The first-order chi connectivity index (χ1) is 40.0. The fraction of sp³-hybridized carbons (Fsp3) is 0.622. The van der Waals surface area contributed by atoms with E-state index in [1.54, 1.807) is 0 Å². The van der Waals surface area contributed by atoms with Gasteiger partial charge in [0.25, 0.3) is 0 Å². The number of nitrogens with two attached hydrogens (primary N) is 5. The molecule has 0 aliphatic carbocycles. The molecule has 1 aliphatic rings. The Bertz CT molecular complexity index is 2550. The van der Waals surface area contributed by atoms with Gasteiger partial charge < -0.3 is 118 Å². The Morgan fingerprint density at radius 2 is 0.791 bits per heavy atom. The number of carbonyl (C=O) groups excluding carboxylic acids is 15. The number of carbonyl (C=O) groups is 17. The van der Waals surface area contributed by atoms with E-state index in [4.69, 9.17) is 28.7 Å². The van der Waals surface area contributed by atoms with E-state index >= 15 is 0 Å². The molecule has 482 valence electrons. The predicted molar refractivity (Wildman–Crippen MR) is 292 cm³/mol. The molecule has 0 aromatic carbocycles. The van der Waals surface area contributed by atoms with Crippen molar-refractivity contribution in [1.82, 2.24) is 58.5 Å². The Morgan fingerprint density at radius 1 is 0.453 bits per heavy atom. The van der Waals surface area contributed by atoms with Crippen molar-refractivity contribution in [2.75, 3.05) is 24.7 Å². The molecule has 1 heterocycles. The zero-order valence-corrected chi connectivity index (χ0v) is 47.8. The summed E-state index contributed by atoms with van der Waals surface area (Å²) in [4.78, 5) is 221. The highest BCUT2D eigenvalue weighted by Crippen LogP contribution is 2.23. The highest BCUT2D eigenvalue weighted by molar-refractivity contribution is 8.76. The molecule has 0 radical (unpaired) electrons. The van der Waals surface area contributed by atoms with Crippen LogP contribution in [-0.2, 0) is 81.5 Å². The number of aliphatic hydroxyl groups is 4. The molecule has 27 N–H and O–H groups in total. The molecule has 0 unspecified atom stereocenters. The summed E-state index contributed by atoms with van der Waals surface area (Å²) in [6.07, 6.45) is -11.8. The Hall–Kier alpha value is -8.51. The summed E-state index contributed by atoms with van der Waals surface area (Å²) in [7, 11) is 1.52. The van der Waals surface area contributed by atoms with Gasteiger partial charge in [-0.2, -0.15) is 0 Å². The number of hydrogen-bond acceptors (Lipinski definition) is 24. The lowest BCUT2D eigenvalue weighted by atomic mass is 10.1. The van der Waals surface area contributed by atoms with Gasteiger partial charge in [0.2, 0.25) is 88.6 Å². The first-order valence-electron chi connectivity index (χ1n) is 25.5. The van der Waals surface area contributed by atoms with Crippen molar-refractivity contribution in [3.05, 3.63) is 0 Å². The van der Waals surface area contributed by atoms with Crippen LogP contribution in [0.4, 0.5) is 0 Å². The van der Waals surface area contributed by atoms with E-state index < -0.39 is 249 Å². The van der Waals surface area contributed by atoms with Crippen LogP contribution in [0.3, 0.4) is 0 Å². The topological polar surface area (TPSA) is 674 Å². The molecule has 0 spiro atoms. The average molecular weight is 1270 g/mol. The molecular weight excluding hydrogens is 1200 g/mol. The SMILES string of the molecule is C[C@@H](O)[C@@H]1NC(=O)[C@H](CO)NC(=O)[C@H](CC(N)=O)NC(=O)[C@H](CC(N)=O)NC(=O)[C@H]([C@@H](C)O)NC(=O)[C@H](CCC(=O)O)NC(=O)[C@@H](N)CSSC[C@H](C(=O)O)NC(=O)CNC(=O)[C@@H]([C@@H](C)O)NC(=O)[C@H](CCC(N)=O)NC(=O)[C@H](CC(N)=O)NC1=O. The monoisotopic (exact) mass is 1270 g/mol. The molecule has 14 atom stereocenters. The summed E-state index contributed by atoms with van der Waals surface area (Å²) in [6.45, 7) is 0.497. The van der Waals surface area contributed by atoms with E-state index in [0.717, 1.165) is 42.4 Å². The van der Waals surface area contributed by atoms with Gasteiger partial charge >= 0.3 is 11.9 Å². The largest absolute Gasteiger partial charge is 0.481 e. The van der Waals surface area contributed by atoms with Crippen LogP contribution in [-0.4, -0.2) is 241 Å². The summed E-state index contributed by atoms with van der Waals surface area (Å²) in [6, 6.07) is -21.8. The number of aliphatic carboxylic acids is 2. The second-order valence-corrected chi connectivity index (χ2v) is 21.6. The van der Waals surface area contributed by atoms with Gasteiger partial charge in [0.05, 0.1) is 56.8 Å². The Kier molecular flexibility index (Phi) is 32.5. The molecule has 1 aliphatic heterocycles. The summed E-state index contributed by atoms with van der Waals surface area (Å²) < 4.78 is 0. The van der Waals surface area contributed by atoms with Gasteiger partial charge in [0, 0.05) is 24.3 Å². The minimum atomic E-state index is -2.18. The van der Waals surface area contributed by atoms with E-state index in [0.29, 0.717) is 0 Å². The maximum absolute atomic E-state index is 13.7. The van der Waals surface area contributed by atoms with E-state index in [9.17, 15) is 112 Å². The van der Waals surface area contributed by atoms with Crippen molar-refractivity contribution < 1.29 is 112 Å². The number of aliphatic hydroxyl groups excluding tert-OH is 4. The minimum Gasteiger partial charge on any atom is -0.481 e. The lowest BCUT2D eigenvalue weighted by molar-refractivity contribution is -0.141. The number of primary amides is 4. The molecule has 41 heteroatoms. The van der Waals surface area contributed by atoms with Crippen LogP contribution in [0.2, 0.25) is 0 Å². The van der Waals surface area contributed by atoms with E-state index in [1.807, 2.05) is 26.6 Å². The number of hydrogen-bond donors (Lipinski definition) is 22. The maximum atomic E-state index is 13.7. The maximum Gasteiger partial charge on any atom is 0.327 e. The predicted octanol–water partition coefficient (Wildman–Crippen LogP) is -13.4. The quantitative estimate of drug-likeness (QED) is 0.0601. The third-order valence-electron chi connectivity index (χ3n) is 11.7. The Labute approximate surface area is 495 Å². The molecule has 15 amide bonds. The number of carboxylic acids is 2. The van der Waals surface area contributed by atoms with Gasteiger partial charge in [-0.05, 0) is 33.6 Å². The van der Waals surface area contributed by atoms with Crippen molar-refractivity contribution >= 4 is 122 Å². The number of amides is 15. The highest BCUT2D eigenvalue weighted by atomic mass is 33.1. The zero-order valence-electron chi connectivity index (χ0n) is 46.2. The normalized spacial score (nSPS) is 26.9. The molecule has 0 aromatic rings. The summed E-state index contributed by atoms with van der Waals surface area (Å²) in [5.41, 5.74) is 27.1. The van der Waals surface area contributed by atoms with Crippen LogP contribution in [0.25, 0.3) is 0 Å². The van der Waals surface area contributed by atoms with E-state index in [2.05, 4.69) is 31.9 Å². The molecule has 1 fully saturated rings. The Morgan fingerprint density at radius 3 is 1.16 bits per heavy atom. The van der Waals surface area contributed by atoms with Gasteiger partial charge in [-0.15, -0.1) is 0 Å². The first-order valence-corrected chi connectivity index (χ1v) is 28.0. The van der Waals surface area contributed by atoms with Crippen molar-refractivity contribution in [1.29, 1.82) is 0 Å². The van der Waals surface area contributed by atoms with Crippen LogP contribution in [0.5, 0.6) is 0 Å².